The molecule has 1 amide bonds. The number of nitrogens with zero attached hydrogens (tertiary/aromatic N) is 3. The molecule has 0 aliphatic carbocycles. The third kappa shape index (κ3) is 5.19. The van der Waals surface area contributed by atoms with Crippen molar-refractivity contribution in [3.05, 3.63) is 18.3 Å². The molecule has 3 rings (SSSR count). The second-order valence-corrected chi connectivity index (χ2v) is 6.74. The van der Waals surface area contributed by atoms with E-state index in [0.717, 1.165) is 51.1 Å². The number of hydrogen-bond acceptors (Lipinski definition) is 6. The zero-order chi connectivity index (χ0) is 16.8. The van der Waals surface area contributed by atoms with Crippen molar-refractivity contribution in [1.82, 2.24) is 20.8 Å². The van der Waals surface area contributed by atoms with Crippen molar-refractivity contribution in [3.63, 3.8) is 0 Å². The van der Waals surface area contributed by atoms with Crippen molar-refractivity contribution < 1.29 is 9.53 Å². The maximum absolute atomic E-state index is 12.8. The number of rotatable bonds is 6. The van der Waals surface area contributed by atoms with E-state index >= 15 is 0 Å². The highest BCUT2D eigenvalue weighted by atomic mass is 35.5. The third-order valence-electron chi connectivity index (χ3n) is 5.19. The van der Waals surface area contributed by atoms with E-state index in [9.17, 15) is 4.79 Å². The molecule has 1 unspecified atom stereocenters. The quantitative estimate of drug-likeness (QED) is 0.744. The van der Waals surface area contributed by atoms with Gasteiger partial charge in [0.1, 0.15) is 0 Å². The summed E-state index contributed by atoms with van der Waals surface area (Å²) >= 11 is 0. The van der Waals surface area contributed by atoms with Crippen LogP contribution in [0.2, 0.25) is 0 Å². The van der Waals surface area contributed by atoms with Gasteiger partial charge in [-0.3, -0.25) is 4.79 Å². The number of halogens is 2. The molecule has 0 radical (unpaired) electrons. The summed E-state index contributed by atoms with van der Waals surface area (Å²) in [4.78, 5) is 15.1. The predicted octanol–water partition coefficient (Wildman–Crippen LogP) is 1.42. The number of methoxy groups -OCH3 is 1. The first-order valence-corrected chi connectivity index (χ1v) is 8.77. The Kier molecular flexibility index (Phi) is 9.57. The first-order chi connectivity index (χ1) is 11.7. The Bertz CT molecular complexity index is 538. The van der Waals surface area contributed by atoms with Crippen LogP contribution in [-0.4, -0.2) is 62.0 Å². The number of ether oxygens (including phenoxy) is 1. The number of aromatic nitrogens is 2. The fourth-order valence-electron chi connectivity index (χ4n) is 3.81. The third-order valence-corrected chi connectivity index (χ3v) is 5.19. The van der Waals surface area contributed by atoms with Gasteiger partial charge in [0, 0.05) is 32.4 Å². The topological polar surface area (TPSA) is 79.4 Å². The highest BCUT2D eigenvalue weighted by Gasteiger charge is 2.40. The summed E-state index contributed by atoms with van der Waals surface area (Å²) in [5, 5.41) is 14.7. The van der Waals surface area contributed by atoms with E-state index in [1.54, 1.807) is 13.3 Å². The van der Waals surface area contributed by atoms with Gasteiger partial charge >= 0.3 is 0 Å². The van der Waals surface area contributed by atoms with Gasteiger partial charge in [-0.25, -0.2) is 0 Å². The number of carbonyl (C=O) groups excluding carboxylic acids is 1. The maximum atomic E-state index is 12.8. The van der Waals surface area contributed by atoms with Crippen LogP contribution >= 0.6 is 24.8 Å². The Balaban J connectivity index is 0.00000169. The summed E-state index contributed by atoms with van der Waals surface area (Å²) in [5.74, 6) is 1.01. The molecule has 2 aliphatic rings. The minimum Gasteiger partial charge on any atom is -0.384 e. The smallest absolute Gasteiger partial charge is 0.228 e. The fraction of sp³-hybridized carbons (Fsp3) is 0.706. The van der Waals surface area contributed by atoms with E-state index in [1.807, 2.05) is 12.1 Å². The van der Waals surface area contributed by atoms with Gasteiger partial charge in [0.05, 0.1) is 12.0 Å². The van der Waals surface area contributed by atoms with Gasteiger partial charge in [-0.2, -0.15) is 5.10 Å². The molecule has 0 bridgehead atoms. The Morgan fingerprint density at radius 3 is 2.85 bits per heavy atom. The molecule has 1 atom stereocenters. The normalized spacial score (nSPS) is 21.4. The zero-order valence-corrected chi connectivity index (χ0v) is 16.8. The highest BCUT2D eigenvalue weighted by molar-refractivity contribution is 5.85. The predicted molar refractivity (Wildman–Crippen MR) is 106 cm³/mol. The Labute approximate surface area is 167 Å². The Hall–Kier alpha value is -1.15. The van der Waals surface area contributed by atoms with Crippen LogP contribution in [0, 0.1) is 5.41 Å². The summed E-state index contributed by atoms with van der Waals surface area (Å²) in [6.07, 6.45) is 5.51. The molecule has 0 spiro atoms. The number of anilines is 1. The molecule has 2 N–H and O–H groups in total. The van der Waals surface area contributed by atoms with Gasteiger partial charge in [-0.05, 0) is 50.9 Å². The van der Waals surface area contributed by atoms with E-state index in [1.165, 1.54) is 0 Å². The Morgan fingerprint density at radius 2 is 2.19 bits per heavy atom. The van der Waals surface area contributed by atoms with Crippen LogP contribution in [0.25, 0.3) is 0 Å². The molecule has 3 heterocycles. The maximum Gasteiger partial charge on any atom is 0.228 e. The van der Waals surface area contributed by atoms with Crippen LogP contribution in [0.15, 0.2) is 18.3 Å². The van der Waals surface area contributed by atoms with Gasteiger partial charge in [0.2, 0.25) is 5.91 Å². The van der Waals surface area contributed by atoms with Gasteiger partial charge in [-0.1, -0.05) is 0 Å². The molecule has 2 saturated heterocycles. The van der Waals surface area contributed by atoms with E-state index in [2.05, 4.69) is 25.7 Å². The SMILES string of the molecule is COCC1(C(=O)NCC2CCCN2c2cccnn2)CCNCC1.Cl.Cl. The molecule has 9 heteroatoms. The van der Waals surface area contributed by atoms with Crippen molar-refractivity contribution in [1.29, 1.82) is 0 Å². The van der Waals surface area contributed by atoms with Gasteiger partial charge in [0.25, 0.3) is 0 Å². The lowest BCUT2D eigenvalue weighted by molar-refractivity contribution is -0.136. The first kappa shape index (κ1) is 22.9. The lowest BCUT2D eigenvalue weighted by atomic mass is 9.78. The summed E-state index contributed by atoms with van der Waals surface area (Å²) in [6, 6.07) is 4.16. The molecule has 148 valence electrons. The monoisotopic (exact) mass is 405 g/mol. The van der Waals surface area contributed by atoms with E-state index in [0.29, 0.717) is 13.2 Å². The summed E-state index contributed by atoms with van der Waals surface area (Å²) in [6.45, 7) is 3.83. The number of piperidine rings is 1. The van der Waals surface area contributed by atoms with Crippen LogP contribution in [0.4, 0.5) is 5.82 Å². The minimum absolute atomic E-state index is 0. The standard InChI is InChI=1S/C17H27N5O2.2ClH/c1-24-13-17(6-9-18-10-7-17)16(23)19-12-14-4-3-11-22(14)15-5-2-8-20-21-15;;/h2,5,8,14,18H,3-4,6-7,9-13H2,1H3,(H,19,23);2*1H. The molecular formula is C17H29Cl2N5O2. The molecule has 7 nitrogen and oxygen atoms in total. The number of hydrogen-bond donors (Lipinski definition) is 2. The first-order valence-electron chi connectivity index (χ1n) is 8.77. The van der Waals surface area contributed by atoms with Crippen LogP contribution < -0.4 is 15.5 Å². The second-order valence-electron chi connectivity index (χ2n) is 6.74. The number of amides is 1. The molecule has 1 aromatic heterocycles. The molecule has 0 saturated carbocycles. The highest BCUT2D eigenvalue weighted by Crippen LogP contribution is 2.30. The molecule has 2 fully saturated rings. The number of carbonyl (C=O) groups is 1. The molecule has 0 aromatic carbocycles. The van der Waals surface area contributed by atoms with Crippen LogP contribution in [0.3, 0.4) is 0 Å². The Morgan fingerprint density at radius 1 is 1.42 bits per heavy atom. The zero-order valence-electron chi connectivity index (χ0n) is 15.1. The lowest BCUT2D eigenvalue weighted by Crippen LogP contribution is -2.52. The summed E-state index contributed by atoms with van der Waals surface area (Å²) in [7, 11) is 1.67. The van der Waals surface area contributed by atoms with E-state index in [4.69, 9.17) is 4.74 Å². The minimum atomic E-state index is -0.393. The van der Waals surface area contributed by atoms with Crippen molar-refractivity contribution in [2.75, 3.05) is 44.8 Å². The van der Waals surface area contributed by atoms with Gasteiger partial charge in [0.15, 0.2) is 5.82 Å². The van der Waals surface area contributed by atoms with Crippen molar-refractivity contribution in [2.24, 2.45) is 5.41 Å². The number of nitrogens with one attached hydrogen (secondary N) is 2. The van der Waals surface area contributed by atoms with Crippen LogP contribution in [-0.2, 0) is 9.53 Å². The summed E-state index contributed by atoms with van der Waals surface area (Å²) < 4.78 is 5.35. The lowest BCUT2D eigenvalue weighted by Gasteiger charge is -2.36. The van der Waals surface area contributed by atoms with Crippen LogP contribution in [0.1, 0.15) is 25.7 Å². The molecule has 26 heavy (non-hydrogen) atoms. The van der Waals surface area contributed by atoms with E-state index in [-0.39, 0.29) is 36.8 Å². The fourth-order valence-corrected chi connectivity index (χ4v) is 3.81. The average molecular weight is 406 g/mol. The van der Waals surface area contributed by atoms with Crippen molar-refractivity contribution in [3.8, 4) is 0 Å². The average Bonchev–Trinajstić information content (AvgIpc) is 3.10. The van der Waals surface area contributed by atoms with Crippen molar-refractivity contribution in [2.45, 2.75) is 31.7 Å². The van der Waals surface area contributed by atoms with E-state index < -0.39 is 5.41 Å². The summed E-state index contributed by atoms with van der Waals surface area (Å²) in [5.41, 5.74) is -0.393. The molecular weight excluding hydrogens is 377 g/mol. The van der Waals surface area contributed by atoms with Crippen molar-refractivity contribution >= 4 is 36.5 Å². The molecule has 1 aromatic rings. The van der Waals surface area contributed by atoms with Gasteiger partial charge in [-0.15, -0.1) is 29.9 Å². The molecule has 2 aliphatic heterocycles. The van der Waals surface area contributed by atoms with Gasteiger partial charge < -0.3 is 20.3 Å². The second kappa shape index (κ2) is 10.9. The van der Waals surface area contributed by atoms with Crippen LogP contribution in [0.5, 0.6) is 0 Å². The largest absolute Gasteiger partial charge is 0.384 e.